The van der Waals surface area contributed by atoms with Gasteiger partial charge in [0.2, 0.25) is 0 Å². The number of benzene rings is 4. The Hall–Kier alpha value is -5.08. The predicted octanol–water partition coefficient (Wildman–Crippen LogP) is 5.65. The van der Waals surface area contributed by atoms with Crippen LogP contribution in [0.3, 0.4) is 0 Å². The zero-order valence-corrected chi connectivity index (χ0v) is 25.0. The number of halogens is 6. The lowest BCUT2D eigenvalue weighted by Gasteiger charge is -2.32. The minimum atomic E-state index is -4.54. The molecule has 2 aliphatic rings. The molecule has 8 nitrogen and oxygen atoms in total. The van der Waals surface area contributed by atoms with Crippen LogP contribution in [0, 0.1) is 0 Å². The van der Waals surface area contributed by atoms with Crippen molar-refractivity contribution < 1.29 is 45.5 Å². The highest BCUT2D eigenvalue weighted by Gasteiger charge is 2.40. The topological polar surface area (TPSA) is 98.8 Å². The van der Waals surface area contributed by atoms with Crippen molar-refractivity contribution in [1.82, 2.24) is 20.4 Å². The van der Waals surface area contributed by atoms with Crippen LogP contribution in [0.2, 0.25) is 0 Å². The number of alkyl halides is 6. The van der Waals surface area contributed by atoms with E-state index in [1.165, 1.54) is 60.7 Å². The van der Waals surface area contributed by atoms with E-state index in [1.807, 2.05) is 0 Å². The number of nitrogens with zero attached hydrogens (tertiary/aromatic N) is 2. The number of imide groups is 2. The fourth-order valence-corrected chi connectivity index (χ4v) is 6.11. The Morgan fingerprint density at radius 2 is 0.792 bits per heavy atom. The fourth-order valence-electron chi connectivity index (χ4n) is 6.11. The molecule has 4 amide bonds. The van der Waals surface area contributed by atoms with Crippen LogP contribution in [0.5, 0.6) is 0 Å². The first kappa shape index (κ1) is 32.8. The van der Waals surface area contributed by atoms with E-state index in [-0.39, 0.29) is 83.4 Å². The Bertz CT molecular complexity index is 1760. The summed E-state index contributed by atoms with van der Waals surface area (Å²) in [5.41, 5.74) is -1.20. The lowest BCUT2D eigenvalue weighted by molar-refractivity contribution is -0.139. The van der Waals surface area contributed by atoms with Gasteiger partial charge in [0.25, 0.3) is 23.6 Å². The normalized spacial score (nSPS) is 14.8. The molecule has 4 aromatic rings. The summed E-state index contributed by atoms with van der Waals surface area (Å²) >= 11 is 0. The van der Waals surface area contributed by atoms with Gasteiger partial charge in [0.15, 0.2) is 0 Å². The van der Waals surface area contributed by atoms with Crippen molar-refractivity contribution >= 4 is 34.4 Å². The maximum absolute atomic E-state index is 13.5. The van der Waals surface area contributed by atoms with Crippen LogP contribution in [0.4, 0.5) is 26.3 Å². The highest BCUT2D eigenvalue weighted by atomic mass is 19.4. The molecule has 248 valence electrons. The first-order valence-corrected chi connectivity index (χ1v) is 14.8. The zero-order valence-electron chi connectivity index (χ0n) is 25.0. The summed E-state index contributed by atoms with van der Waals surface area (Å²) in [6, 6.07) is 15.7. The largest absolute Gasteiger partial charge is 0.416 e. The second kappa shape index (κ2) is 12.5. The zero-order chi connectivity index (χ0) is 34.4. The molecule has 2 aliphatic heterocycles. The maximum atomic E-state index is 13.5. The lowest BCUT2D eigenvalue weighted by Crippen LogP contribution is -2.46. The molecule has 2 heterocycles. The van der Waals surface area contributed by atoms with E-state index in [2.05, 4.69) is 10.6 Å². The van der Waals surface area contributed by atoms with Crippen LogP contribution in [0.15, 0.2) is 72.8 Å². The Kier molecular flexibility index (Phi) is 8.56. The van der Waals surface area contributed by atoms with Crippen molar-refractivity contribution in [3.63, 3.8) is 0 Å². The number of rotatable bonds is 10. The van der Waals surface area contributed by atoms with Crippen LogP contribution in [-0.2, 0) is 25.4 Å². The second-order valence-corrected chi connectivity index (χ2v) is 11.3. The van der Waals surface area contributed by atoms with Gasteiger partial charge in [0.1, 0.15) is 0 Å². The van der Waals surface area contributed by atoms with Crippen molar-refractivity contribution in [1.29, 1.82) is 0 Å². The number of hydrogen-bond donors (Lipinski definition) is 2. The van der Waals surface area contributed by atoms with Gasteiger partial charge in [0.05, 0.1) is 11.1 Å². The maximum Gasteiger partial charge on any atom is 0.416 e. The molecule has 0 saturated carbocycles. The van der Waals surface area contributed by atoms with Gasteiger partial charge >= 0.3 is 12.4 Å². The Balaban J connectivity index is 1.15. The third-order valence-electron chi connectivity index (χ3n) is 8.36. The van der Waals surface area contributed by atoms with Gasteiger partial charge in [-0.25, -0.2) is 0 Å². The van der Waals surface area contributed by atoms with Crippen molar-refractivity contribution in [2.45, 2.75) is 25.4 Å². The molecular weight excluding hydrogens is 642 g/mol. The smallest absolute Gasteiger partial charge is 0.311 e. The summed E-state index contributed by atoms with van der Waals surface area (Å²) in [6.45, 7) is -0.603. The summed E-state index contributed by atoms with van der Waals surface area (Å²) < 4.78 is 80.0. The molecule has 0 unspecified atom stereocenters. The molecule has 6 rings (SSSR count). The van der Waals surface area contributed by atoms with Gasteiger partial charge in [-0.3, -0.25) is 29.0 Å². The third-order valence-corrected chi connectivity index (χ3v) is 8.36. The minimum Gasteiger partial charge on any atom is -0.311 e. The third kappa shape index (κ3) is 5.92. The molecule has 4 aromatic carbocycles. The first-order chi connectivity index (χ1) is 22.8. The molecule has 0 aliphatic carbocycles. The Morgan fingerprint density at radius 1 is 0.479 bits per heavy atom. The van der Waals surface area contributed by atoms with Crippen molar-refractivity contribution in [2.75, 3.05) is 26.2 Å². The molecule has 0 bridgehead atoms. The number of hydrogen-bond acceptors (Lipinski definition) is 6. The lowest BCUT2D eigenvalue weighted by atomic mass is 9.86. The molecule has 0 atom stereocenters. The van der Waals surface area contributed by atoms with Crippen LogP contribution >= 0.6 is 0 Å². The van der Waals surface area contributed by atoms with Gasteiger partial charge in [-0.1, -0.05) is 36.4 Å². The average molecular weight is 669 g/mol. The van der Waals surface area contributed by atoms with Gasteiger partial charge in [-0.05, 0) is 47.5 Å². The summed E-state index contributed by atoms with van der Waals surface area (Å²) in [4.78, 5) is 55.8. The molecule has 0 radical (unpaired) electrons. The van der Waals surface area contributed by atoms with E-state index >= 15 is 0 Å². The van der Waals surface area contributed by atoms with Crippen LogP contribution in [-0.4, -0.2) is 59.6 Å². The van der Waals surface area contributed by atoms with Crippen molar-refractivity contribution in [3.05, 3.63) is 117 Å². The molecule has 0 fully saturated rings. The number of nitrogens with one attached hydrogen (secondary N) is 2. The van der Waals surface area contributed by atoms with E-state index in [9.17, 15) is 45.5 Å². The van der Waals surface area contributed by atoms with Crippen molar-refractivity contribution in [3.8, 4) is 0 Å². The molecule has 14 heteroatoms. The summed E-state index contributed by atoms with van der Waals surface area (Å²) in [6.07, 6.45) is -9.08. The van der Waals surface area contributed by atoms with E-state index in [4.69, 9.17) is 0 Å². The minimum absolute atomic E-state index is 0.0000717. The summed E-state index contributed by atoms with van der Waals surface area (Å²) in [5, 5.41) is 6.01. The fraction of sp³-hybridized carbons (Fsp3) is 0.235. The van der Waals surface area contributed by atoms with Gasteiger partial charge < -0.3 is 10.6 Å². The van der Waals surface area contributed by atoms with Gasteiger partial charge in [-0.15, -0.1) is 0 Å². The number of carbonyl (C=O) groups is 4. The van der Waals surface area contributed by atoms with Crippen LogP contribution in [0.25, 0.3) is 10.8 Å². The van der Waals surface area contributed by atoms with E-state index in [1.54, 1.807) is 0 Å². The summed E-state index contributed by atoms with van der Waals surface area (Å²) in [7, 11) is 0. The summed E-state index contributed by atoms with van der Waals surface area (Å²) in [5.74, 6) is -2.72. The van der Waals surface area contributed by atoms with Crippen LogP contribution < -0.4 is 10.6 Å². The van der Waals surface area contributed by atoms with Gasteiger partial charge in [-0.2, -0.15) is 26.3 Å². The first-order valence-electron chi connectivity index (χ1n) is 14.8. The molecule has 48 heavy (non-hydrogen) atoms. The average Bonchev–Trinajstić information content (AvgIpc) is 3.05. The molecule has 2 N–H and O–H groups in total. The monoisotopic (exact) mass is 668 g/mol. The highest BCUT2D eigenvalue weighted by molar-refractivity contribution is 6.33. The molecule has 0 aromatic heterocycles. The molecular formula is C34H26F6N4O4. The number of amides is 4. The Morgan fingerprint density at radius 3 is 1.10 bits per heavy atom. The van der Waals surface area contributed by atoms with Crippen LogP contribution in [0.1, 0.15) is 63.7 Å². The van der Waals surface area contributed by atoms with E-state index < -0.39 is 47.1 Å². The molecule has 0 saturated heterocycles. The number of carbonyl (C=O) groups excluding carboxylic acids is 4. The molecule has 0 spiro atoms. The SMILES string of the molecule is O=C1c2ccc3c4c(ccc(c24)C(=O)N1CCNCc1ccccc1C(F)(F)F)C(=O)N(CCNCc1ccccc1C(F)(F)F)C3=O. The standard InChI is InChI=1S/C34H26F6N4O4/c35-33(36,37)25-7-3-1-5-19(25)17-41-13-15-43-29(45)21-9-11-23-28-24(12-10-22(27(21)28)30(43)46)32(48)44(31(23)47)16-14-42-18-20-6-2-4-8-26(20)34(38,39)40/h1-12,41-42H,13-18H2. The van der Waals surface area contributed by atoms with E-state index in [0.717, 1.165) is 21.9 Å². The Labute approximate surface area is 269 Å². The van der Waals surface area contributed by atoms with Gasteiger partial charge in [0, 0.05) is 72.3 Å². The van der Waals surface area contributed by atoms with Crippen molar-refractivity contribution in [2.24, 2.45) is 0 Å². The predicted molar refractivity (Wildman–Crippen MR) is 161 cm³/mol. The quantitative estimate of drug-likeness (QED) is 0.129. The highest BCUT2D eigenvalue weighted by Crippen LogP contribution is 2.38. The second-order valence-electron chi connectivity index (χ2n) is 11.3. The van der Waals surface area contributed by atoms with E-state index in [0.29, 0.717) is 0 Å².